The smallest absolute Gasteiger partial charge is 0.254 e. The molecule has 0 spiro atoms. The van der Waals surface area contributed by atoms with E-state index in [2.05, 4.69) is 23.6 Å². The van der Waals surface area contributed by atoms with Crippen molar-refractivity contribution in [1.29, 1.82) is 0 Å². The van der Waals surface area contributed by atoms with Crippen molar-refractivity contribution in [2.24, 2.45) is 0 Å². The molecule has 0 N–H and O–H groups in total. The average molecular weight is 243 g/mol. The Balaban J connectivity index is 2.18. The molecule has 1 unspecified atom stereocenters. The van der Waals surface area contributed by atoms with Gasteiger partial charge in [-0.1, -0.05) is 23.8 Å². The summed E-state index contributed by atoms with van der Waals surface area (Å²) in [6.07, 6.45) is 0. The predicted molar refractivity (Wildman–Crippen MR) is 69.4 cm³/mol. The third-order valence-corrected chi connectivity index (χ3v) is 4.18. The second-order valence-electron chi connectivity index (χ2n) is 4.42. The molecule has 1 amide bonds. The maximum Gasteiger partial charge on any atom is 0.254 e. The molecule has 3 rings (SSSR count). The van der Waals surface area contributed by atoms with Crippen molar-refractivity contribution in [1.82, 2.24) is 4.90 Å². The van der Waals surface area contributed by atoms with Crippen molar-refractivity contribution in [3.05, 3.63) is 57.3 Å². The zero-order valence-corrected chi connectivity index (χ0v) is 10.6. The molecule has 0 radical (unpaired) electrons. The zero-order valence-electron chi connectivity index (χ0n) is 9.81. The molecule has 2 nitrogen and oxygen atoms in total. The summed E-state index contributed by atoms with van der Waals surface area (Å²) in [4.78, 5) is 15.2. The Labute approximate surface area is 105 Å². The van der Waals surface area contributed by atoms with Crippen LogP contribution in [0.4, 0.5) is 0 Å². The number of rotatable bonds is 1. The van der Waals surface area contributed by atoms with Gasteiger partial charge in [0.1, 0.15) is 0 Å². The molecular weight excluding hydrogens is 230 g/mol. The molecule has 1 aromatic carbocycles. The second kappa shape index (κ2) is 3.70. The lowest BCUT2D eigenvalue weighted by Gasteiger charge is -2.19. The van der Waals surface area contributed by atoms with E-state index < -0.39 is 0 Å². The van der Waals surface area contributed by atoms with Crippen LogP contribution in [0.3, 0.4) is 0 Å². The first-order valence-electron chi connectivity index (χ1n) is 5.59. The maximum atomic E-state index is 12.2. The monoisotopic (exact) mass is 243 g/mol. The molecule has 86 valence electrons. The summed E-state index contributed by atoms with van der Waals surface area (Å²) in [7, 11) is 1.88. The summed E-state index contributed by atoms with van der Waals surface area (Å²) in [5, 5.41) is 2.06. The van der Waals surface area contributed by atoms with Crippen molar-refractivity contribution < 1.29 is 4.79 Å². The third-order valence-electron chi connectivity index (χ3n) is 3.25. The Kier molecular flexibility index (Phi) is 2.30. The quantitative estimate of drug-likeness (QED) is 0.753. The highest BCUT2D eigenvalue weighted by Gasteiger charge is 2.35. The van der Waals surface area contributed by atoms with Gasteiger partial charge in [-0.25, -0.2) is 0 Å². The predicted octanol–water partition coefficient (Wildman–Crippen LogP) is 3.23. The van der Waals surface area contributed by atoms with E-state index in [0.29, 0.717) is 0 Å². The minimum Gasteiger partial charge on any atom is -0.330 e. The first kappa shape index (κ1) is 10.5. The highest BCUT2D eigenvalue weighted by atomic mass is 32.1. The number of carbonyl (C=O) groups is 1. The molecule has 0 saturated heterocycles. The van der Waals surface area contributed by atoms with Crippen LogP contribution in [-0.4, -0.2) is 17.9 Å². The molecule has 3 heteroatoms. The molecule has 2 heterocycles. The van der Waals surface area contributed by atoms with Crippen LogP contribution in [0.15, 0.2) is 35.7 Å². The van der Waals surface area contributed by atoms with E-state index in [1.54, 1.807) is 11.3 Å². The Hall–Kier alpha value is -1.61. The fraction of sp³-hybridized carbons (Fsp3) is 0.214. The maximum absolute atomic E-state index is 12.2. The Morgan fingerprint density at radius 3 is 2.82 bits per heavy atom. The zero-order chi connectivity index (χ0) is 12.0. The van der Waals surface area contributed by atoms with Gasteiger partial charge < -0.3 is 4.90 Å². The number of aryl methyl sites for hydroxylation is 1. The van der Waals surface area contributed by atoms with E-state index in [1.165, 1.54) is 4.88 Å². The number of carbonyl (C=O) groups excluding carboxylic acids is 1. The van der Waals surface area contributed by atoms with Crippen LogP contribution < -0.4 is 0 Å². The van der Waals surface area contributed by atoms with Gasteiger partial charge >= 0.3 is 0 Å². The van der Waals surface area contributed by atoms with E-state index in [-0.39, 0.29) is 11.9 Å². The first-order valence-corrected chi connectivity index (χ1v) is 6.47. The fourth-order valence-corrected chi connectivity index (χ4v) is 3.29. The molecule has 1 atom stereocenters. The molecule has 0 bridgehead atoms. The topological polar surface area (TPSA) is 20.3 Å². The largest absolute Gasteiger partial charge is 0.330 e. The molecule has 1 aromatic heterocycles. The fourth-order valence-electron chi connectivity index (χ4n) is 2.40. The minimum atomic E-state index is 0.0955. The van der Waals surface area contributed by atoms with Crippen LogP contribution in [-0.2, 0) is 0 Å². The van der Waals surface area contributed by atoms with Crippen LogP contribution in [0, 0.1) is 6.92 Å². The normalized spacial score (nSPS) is 18.6. The van der Waals surface area contributed by atoms with Gasteiger partial charge in [0.05, 0.1) is 6.04 Å². The van der Waals surface area contributed by atoms with Crippen LogP contribution in [0.2, 0.25) is 0 Å². The Morgan fingerprint density at radius 1 is 1.29 bits per heavy atom. The van der Waals surface area contributed by atoms with Gasteiger partial charge in [-0.05, 0) is 30.0 Å². The molecule has 0 aliphatic carbocycles. The SMILES string of the molecule is Cc1ccc2c(c1)C(=O)N(C)C2c1cccs1. The number of thiophene rings is 1. The Morgan fingerprint density at radius 2 is 2.12 bits per heavy atom. The van der Waals surface area contributed by atoms with Crippen molar-refractivity contribution in [2.75, 3.05) is 7.05 Å². The number of amides is 1. The van der Waals surface area contributed by atoms with Crippen LogP contribution in [0.25, 0.3) is 0 Å². The van der Waals surface area contributed by atoms with Crippen LogP contribution in [0.1, 0.15) is 32.4 Å². The van der Waals surface area contributed by atoms with Gasteiger partial charge in [0.15, 0.2) is 0 Å². The molecule has 1 aliphatic heterocycles. The number of hydrogen-bond donors (Lipinski definition) is 0. The van der Waals surface area contributed by atoms with Gasteiger partial charge in [-0.2, -0.15) is 0 Å². The van der Waals surface area contributed by atoms with Crippen LogP contribution in [0.5, 0.6) is 0 Å². The summed E-state index contributed by atoms with van der Waals surface area (Å²) in [6, 6.07) is 10.4. The van der Waals surface area contributed by atoms with E-state index in [0.717, 1.165) is 16.7 Å². The molecular formula is C14H13NOS. The van der Waals surface area contributed by atoms with E-state index in [4.69, 9.17) is 0 Å². The summed E-state index contributed by atoms with van der Waals surface area (Å²) in [6.45, 7) is 2.02. The number of fused-ring (bicyclic) bond motifs is 1. The minimum absolute atomic E-state index is 0.0955. The summed E-state index contributed by atoms with van der Waals surface area (Å²) < 4.78 is 0. The first-order chi connectivity index (χ1) is 8.18. The summed E-state index contributed by atoms with van der Waals surface area (Å²) >= 11 is 1.70. The van der Waals surface area contributed by atoms with Crippen LogP contribution >= 0.6 is 11.3 Å². The highest BCUT2D eigenvalue weighted by Crippen LogP contribution is 2.39. The lowest BCUT2D eigenvalue weighted by molar-refractivity contribution is 0.0795. The number of nitrogens with zero attached hydrogens (tertiary/aromatic N) is 1. The second-order valence-corrected chi connectivity index (χ2v) is 5.40. The lowest BCUT2D eigenvalue weighted by Crippen LogP contribution is -2.23. The van der Waals surface area contributed by atoms with Crippen molar-refractivity contribution in [3.8, 4) is 0 Å². The van der Waals surface area contributed by atoms with Crippen molar-refractivity contribution in [2.45, 2.75) is 13.0 Å². The van der Waals surface area contributed by atoms with Gasteiger partial charge in [0, 0.05) is 17.5 Å². The van der Waals surface area contributed by atoms with E-state index in [1.807, 2.05) is 31.0 Å². The number of hydrogen-bond acceptors (Lipinski definition) is 2. The molecule has 1 aliphatic rings. The molecule has 0 fully saturated rings. The van der Waals surface area contributed by atoms with Gasteiger partial charge in [-0.15, -0.1) is 11.3 Å². The average Bonchev–Trinajstić information content (AvgIpc) is 2.90. The summed E-state index contributed by atoms with van der Waals surface area (Å²) in [5.74, 6) is 0.127. The highest BCUT2D eigenvalue weighted by molar-refractivity contribution is 7.10. The van der Waals surface area contributed by atoms with Crippen molar-refractivity contribution >= 4 is 17.2 Å². The van der Waals surface area contributed by atoms with Gasteiger partial charge in [0.2, 0.25) is 0 Å². The van der Waals surface area contributed by atoms with E-state index in [9.17, 15) is 4.79 Å². The van der Waals surface area contributed by atoms with Gasteiger partial charge in [0.25, 0.3) is 5.91 Å². The lowest BCUT2D eigenvalue weighted by atomic mass is 10.0. The Bertz CT molecular complexity index is 574. The summed E-state index contributed by atoms with van der Waals surface area (Å²) in [5.41, 5.74) is 3.12. The molecule has 2 aromatic rings. The van der Waals surface area contributed by atoms with E-state index >= 15 is 0 Å². The third kappa shape index (κ3) is 1.50. The molecule has 17 heavy (non-hydrogen) atoms. The molecule has 0 saturated carbocycles. The standard InChI is InChI=1S/C14H13NOS/c1-9-5-6-10-11(8-9)14(16)15(2)13(10)12-4-3-7-17-12/h3-8,13H,1-2H3. The number of benzene rings is 1. The van der Waals surface area contributed by atoms with Crippen molar-refractivity contribution in [3.63, 3.8) is 0 Å². The van der Waals surface area contributed by atoms with Gasteiger partial charge in [-0.3, -0.25) is 4.79 Å².